The molecule has 5 heteroatoms. The minimum Gasteiger partial charge on any atom is -0.455 e. The summed E-state index contributed by atoms with van der Waals surface area (Å²) >= 11 is 0. The van der Waals surface area contributed by atoms with Gasteiger partial charge in [0.2, 0.25) is 0 Å². The van der Waals surface area contributed by atoms with Gasteiger partial charge in [-0.25, -0.2) is 0 Å². The molecule has 14 aromatic carbocycles. The van der Waals surface area contributed by atoms with Crippen molar-refractivity contribution in [1.82, 2.24) is 4.57 Å². The highest BCUT2D eigenvalue weighted by Gasteiger charge is 2.50. The molecular formula is C113H110BN3O. The maximum Gasteiger partial charge on any atom is 0.252 e. The van der Waals surface area contributed by atoms with Crippen LogP contribution >= 0.6 is 0 Å². The van der Waals surface area contributed by atoms with E-state index in [9.17, 15) is 0 Å². The topological polar surface area (TPSA) is 24.6 Å². The van der Waals surface area contributed by atoms with Crippen LogP contribution in [0.3, 0.4) is 0 Å². The maximum atomic E-state index is 7.06. The Labute approximate surface area is 700 Å². The average molecular weight is 1540 g/mol. The molecule has 3 aliphatic rings. The highest BCUT2D eigenvalue weighted by molar-refractivity contribution is 7.00. The third-order valence-electron chi connectivity index (χ3n) is 26.3. The Morgan fingerprint density at radius 1 is 0.280 bits per heavy atom. The number of anilines is 6. The average Bonchev–Trinajstić information content (AvgIpc) is 1.54. The smallest absolute Gasteiger partial charge is 0.252 e. The SMILES string of the molecule is CC(C)(C)c1cc(-c2cc(C(C)(C)C)ccc2N2c3ccc(-c4cccc5c4oc4ccccc45)cc3B3c4ccc(-n5c6ccccc6c6c7c(ccc65)-c5ccccc5C7(c5ccccc5)c5ccccc5)cc4N(c4ccc(C(C)(C)C)cc4-c4cc(C(C)(C)C)cc(C(C)(C)C)c4)c4cc(C(C)(C)C)cc2c43)cc(C(C)(C)C)c1. The van der Waals surface area contributed by atoms with Gasteiger partial charge < -0.3 is 18.8 Å². The molecule has 0 bridgehead atoms. The molecule has 2 aromatic heterocycles. The second-order valence-electron chi connectivity index (χ2n) is 41.4. The summed E-state index contributed by atoms with van der Waals surface area (Å²) < 4.78 is 9.67. The molecule has 0 radical (unpaired) electrons. The van der Waals surface area contributed by atoms with Crippen molar-refractivity contribution < 1.29 is 4.42 Å². The summed E-state index contributed by atoms with van der Waals surface area (Å²) in [5, 5.41) is 4.70. The highest BCUT2D eigenvalue weighted by atomic mass is 16.3. The lowest BCUT2D eigenvalue weighted by Gasteiger charge is -2.46. The minimum atomic E-state index is -0.646. The fourth-order valence-electron chi connectivity index (χ4n) is 19.6. The van der Waals surface area contributed by atoms with Crippen LogP contribution in [0.2, 0.25) is 0 Å². The fourth-order valence-corrected chi connectivity index (χ4v) is 19.6. The van der Waals surface area contributed by atoms with Crippen molar-refractivity contribution in [3.05, 3.63) is 346 Å². The minimum absolute atomic E-state index is 0.129. The molecule has 0 unspecified atom stereocenters. The van der Waals surface area contributed by atoms with Crippen LogP contribution in [-0.4, -0.2) is 11.3 Å². The van der Waals surface area contributed by atoms with Crippen LogP contribution in [-0.2, 0) is 43.3 Å². The van der Waals surface area contributed by atoms with Crippen molar-refractivity contribution in [3.63, 3.8) is 0 Å². The number of rotatable bonds is 8. The van der Waals surface area contributed by atoms with Crippen LogP contribution in [0.15, 0.2) is 290 Å². The Morgan fingerprint density at radius 3 is 1.30 bits per heavy atom. The zero-order chi connectivity index (χ0) is 82.6. The summed E-state index contributed by atoms with van der Waals surface area (Å²) in [5.74, 6) is 0. The molecular weight excluding hydrogens is 1430 g/mol. The van der Waals surface area contributed by atoms with Crippen LogP contribution in [0.5, 0.6) is 0 Å². The molecule has 0 atom stereocenters. The van der Waals surface area contributed by atoms with Crippen molar-refractivity contribution in [1.29, 1.82) is 0 Å². The number of benzene rings is 14. The summed E-state index contributed by atoms with van der Waals surface area (Å²) in [5.41, 5.74) is 37.6. The monoisotopic (exact) mass is 1540 g/mol. The predicted octanol–water partition coefficient (Wildman–Crippen LogP) is 29.2. The third-order valence-corrected chi connectivity index (χ3v) is 26.3. The first-order valence-corrected chi connectivity index (χ1v) is 42.8. The first-order chi connectivity index (χ1) is 55.9. The lowest BCUT2D eigenvalue weighted by atomic mass is 9.33. The Balaban J connectivity index is 0.967. The van der Waals surface area contributed by atoms with Crippen LogP contribution in [0.4, 0.5) is 34.1 Å². The largest absolute Gasteiger partial charge is 0.455 e. The molecule has 0 saturated heterocycles. The molecule has 0 saturated carbocycles. The Morgan fingerprint density at radius 2 is 0.746 bits per heavy atom. The van der Waals surface area contributed by atoms with Gasteiger partial charge in [0.05, 0.1) is 27.8 Å². The van der Waals surface area contributed by atoms with Gasteiger partial charge in [0.15, 0.2) is 0 Å². The first kappa shape index (κ1) is 76.3. The number of hydrogen-bond donors (Lipinski definition) is 0. The van der Waals surface area contributed by atoms with Crippen LogP contribution in [0.25, 0.3) is 93.9 Å². The molecule has 2 aliphatic heterocycles. The Bertz CT molecular complexity index is 6680. The van der Waals surface area contributed by atoms with E-state index in [-0.39, 0.29) is 44.6 Å². The summed E-state index contributed by atoms with van der Waals surface area (Å²) in [6.45, 7) is 49.7. The molecule has 19 rings (SSSR count). The molecule has 4 heterocycles. The lowest BCUT2D eigenvalue weighted by Crippen LogP contribution is -2.61. The van der Waals surface area contributed by atoms with Gasteiger partial charge in [0.1, 0.15) is 11.2 Å². The number of nitrogens with zero attached hydrogens (tertiary/aromatic N) is 3. The van der Waals surface area contributed by atoms with Gasteiger partial charge in [0.25, 0.3) is 6.71 Å². The predicted molar refractivity (Wildman–Crippen MR) is 507 cm³/mol. The van der Waals surface area contributed by atoms with Crippen molar-refractivity contribution >= 4 is 101 Å². The standard InChI is InChI=1S/C113H110BN3O/c1-106(2,3)74-48-54-94(88(64-74)70-57-76(108(7,8)9)62-77(58-70)109(10,11)12)116-96-53-47-69(82-42-34-43-86-84-40-30-33-46-101(84)118-105(82)86)61-92(96)114-91-52-50-81(115-93-45-32-29-41-87(93)102-97(115)56-51-85-83-39-28-31-44-90(83)113(103(85)102,72-35-24-22-25-36-72)73-37-26-23-27-38-73)68-98(91)117(100-67-80(112(19,20)21)66-99(116)104(100)114)95-55-49-75(107(4,5)6)65-89(95)71-59-78(110(13,14)15)63-79(60-71)111(16,17)18/h22-68H,1-21H3. The number of aromatic nitrogens is 1. The van der Waals surface area contributed by atoms with Crippen LogP contribution in [0.1, 0.15) is 207 Å². The van der Waals surface area contributed by atoms with Gasteiger partial charge in [-0.05, 0) is 216 Å². The van der Waals surface area contributed by atoms with Gasteiger partial charge in [0, 0.05) is 66.7 Å². The van der Waals surface area contributed by atoms with Crippen molar-refractivity contribution in [2.45, 2.75) is 189 Å². The second kappa shape index (κ2) is 26.7. The van der Waals surface area contributed by atoms with E-state index in [1.807, 2.05) is 0 Å². The molecule has 0 spiro atoms. The van der Waals surface area contributed by atoms with E-state index in [0.717, 1.165) is 78.2 Å². The van der Waals surface area contributed by atoms with E-state index in [0.29, 0.717) is 0 Å². The maximum absolute atomic E-state index is 7.06. The molecule has 16 aromatic rings. The van der Waals surface area contributed by atoms with Crippen molar-refractivity contribution in [2.24, 2.45) is 0 Å². The van der Waals surface area contributed by atoms with E-state index >= 15 is 0 Å². The molecule has 0 N–H and O–H groups in total. The molecule has 4 nitrogen and oxygen atoms in total. The van der Waals surface area contributed by atoms with Crippen molar-refractivity contribution in [2.75, 3.05) is 9.80 Å². The molecule has 118 heavy (non-hydrogen) atoms. The zero-order valence-corrected chi connectivity index (χ0v) is 73.0. The molecule has 0 fully saturated rings. The van der Waals surface area contributed by atoms with E-state index in [1.54, 1.807) is 0 Å². The van der Waals surface area contributed by atoms with E-state index < -0.39 is 5.41 Å². The normalized spacial score (nSPS) is 14.2. The van der Waals surface area contributed by atoms with Crippen molar-refractivity contribution in [3.8, 4) is 50.2 Å². The number of para-hydroxylation sites is 3. The van der Waals surface area contributed by atoms with Crippen LogP contribution < -0.4 is 26.2 Å². The molecule has 0 amide bonds. The second-order valence-corrected chi connectivity index (χ2v) is 41.4. The van der Waals surface area contributed by atoms with Gasteiger partial charge in [-0.1, -0.05) is 358 Å². The summed E-state index contributed by atoms with van der Waals surface area (Å²) in [6.07, 6.45) is 0. The van der Waals surface area contributed by atoms with Gasteiger partial charge in [-0.3, -0.25) is 0 Å². The quantitative estimate of drug-likeness (QED) is 0.142. The third kappa shape index (κ3) is 12.2. The van der Waals surface area contributed by atoms with Gasteiger partial charge in [-0.15, -0.1) is 0 Å². The summed E-state index contributed by atoms with van der Waals surface area (Å²) in [7, 11) is 0. The summed E-state index contributed by atoms with van der Waals surface area (Å²) in [4.78, 5) is 5.45. The zero-order valence-electron chi connectivity index (χ0n) is 73.0. The summed E-state index contributed by atoms with van der Waals surface area (Å²) in [6, 6.07) is 111. The van der Waals surface area contributed by atoms with Crippen LogP contribution in [0, 0.1) is 0 Å². The van der Waals surface area contributed by atoms with E-state index in [2.05, 4.69) is 445 Å². The van der Waals surface area contributed by atoms with Gasteiger partial charge in [-0.2, -0.15) is 0 Å². The Kier molecular flexibility index (Phi) is 17.3. The number of fused-ring (bicyclic) bond motifs is 14. The first-order valence-electron chi connectivity index (χ1n) is 42.8. The highest BCUT2D eigenvalue weighted by Crippen LogP contribution is 2.61. The molecule has 1 aliphatic carbocycles. The van der Waals surface area contributed by atoms with E-state index in [1.165, 1.54) is 127 Å². The fraction of sp³-hybridized carbons (Fsp3) is 0.257. The molecule has 586 valence electrons. The number of furan rings is 1. The van der Waals surface area contributed by atoms with Gasteiger partial charge >= 0.3 is 0 Å². The number of hydrogen-bond acceptors (Lipinski definition) is 3. The van der Waals surface area contributed by atoms with E-state index in [4.69, 9.17) is 4.42 Å². The lowest BCUT2D eigenvalue weighted by molar-refractivity contribution is 0.568. The Hall–Kier alpha value is -11.7.